The highest BCUT2D eigenvalue weighted by atomic mass is 32.1. The Hall–Kier alpha value is -0.110. The van der Waals surface area contributed by atoms with Gasteiger partial charge in [0.15, 0.2) is 5.05 Å². The molecule has 0 radical (unpaired) electrons. The zero-order valence-electron chi connectivity index (χ0n) is 13.4. The molecule has 1 nitrogen and oxygen atoms in total. The van der Waals surface area contributed by atoms with Crippen LogP contribution in [0, 0.1) is 5.92 Å². The molecule has 114 valence electrons. The molecule has 0 saturated heterocycles. The Bertz CT molecular complexity index is 203. The molecule has 0 spiro atoms. The molecule has 0 fully saturated rings. The Labute approximate surface area is 126 Å². The van der Waals surface area contributed by atoms with Gasteiger partial charge in [-0.05, 0) is 25.6 Å². The van der Waals surface area contributed by atoms with Crippen LogP contribution < -0.4 is 0 Å². The Balaban J connectivity index is 3.20. The van der Waals surface area contributed by atoms with Crippen LogP contribution in [0.2, 0.25) is 0 Å². The molecule has 19 heavy (non-hydrogen) atoms. The summed E-state index contributed by atoms with van der Waals surface area (Å²) >= 11 is 5.22. The topological polar surface area (TPSA) is 9.23 Å². The SMILES string of the molecule is CCCCCCCCCCCCC(C)C(=S)OCC. The first-order valence-electron chi connectivity index (χ1n) is 8.39. The molecule has 0 saturated carbocycles. The molecule has 2 heteroatoms. The van der Waals surface area contributed by atoms with Gasteiger partial charge < -0.3 is 4.74 Å². The summed E-state index contributed by atoms with van der Waals surface area (Å²) in [4.78, 5) is 0. The van der Waals surface area contributed by atoms with Gasteiger partial charge in [0.25, 0.3) is 0 Å². The Morgan fingerprint density at radius 3 is 1.79 bits per heavy atom. The van der Waals surface area contributed by atoms with Crippen molar-refractivity contribution >= 4 is 17.3 Å². The van der Waals surface area contributed by atoms with Gasteiger partial charge in [0.2, 0.25) is 0 Å². The van der Waals surface area contributed by atoms with Gasteiger partial charge in [0, 0.05) is 5.92 Å². The van der Waals surface area contributed by atoms with Crippen molar-refractivity contribution in [1.29, 1.82) is 0 Å². The monoisotopic (exact) mass is 286 g/mol. The van der Waals surface area contributed by atoms with Crippen molar-refractivity contribution in [2.45, 2.75) is 91.4 Å². The zero-order chi connectivity index (χ0) is 14.3. The van der Waals surface area contributed by atoms with Crippen molar-refractivity contribution in [1.82, 2.24) is 0 Å². The van der Waals surface area contributed by atoms with E-state index in [1.807, 2.05) is 6.92 Å². The minimum atomic E-state index is 0.448. The minimum absolute atomic E-state index is 0.448. The van der Waals surface area contributed by atoms with Crippen LogP contribution in [0.1, 0.15) is 91.4 Å². The van der Waals surface area contributed by atoms with E-state index in [9.17, 15) is 0 Å². The van der Waals surface area contributed by atoms with Gasteiger partial charge in [0.05, 0.1) is 6.61 Å². The summed E-state index contributed by atoms with van der Waals surface area (Å²) in [5.74, 6) is 0.448. The molecular formula is C17H34OS. The third-order valence-electron chi connectivity index (χ3n) is 3.68. The molecule has 1 atom stereocenters. The molecule has 0 aliphatic heterocycles. The summed E-state index contributed by atoms with van der Waals surface area (Å²) in [6.07, 6.45) is 15.1. The van der Waals surface area contributed by atoms with Crippen molar-refractivity contribution in [3.05, 3.63) is 0 Å². The highest BCUT2D eigenvalue weighted by Crippen LogP contribution is 2.15. The number of rotatable bonds is 13. The maximum absolute atomic E-state index is 5.38. The Kier molecular flexibility index (Phi) is 14.2. The van der Waals surface area contributed by atoms with E-state index in [-0.39, 0.29) is 0 Å². The highest BCUT2D eigenvalue weighted by Gasteiger charge is 2.08. The fourth-order valence-corrected chi connectivity index (χ4v) is 2.58. The van der Waals surface area contributed by atoms with Crippen molar-refractivity contribution in [2.75, 3.05) is 6.61 Å². The number of hydrogen-bond acceptors (Lipinski definition) is 2. The van der Waals surface area contributed by atoms with Crippen LogP contribution in [0.15, 0.2) is 0 Å². The second-order valence-corrected chi connectivity index (χ2v) is 6.03. The Morgan fingerprint density at radius 1 is 0.842 bits per heavy atom. The van der Waals surface area contributed by atoms with Gasteiger partial charge >= 0.3 is 0 Å². The van der Waals surface area contributed by atoms with Crippen molar-refractivity contribution < 1.29 is 4.74 Å². The molecule has 0 heterocycles. The molecule has 0 aliphatic rings. The van der Waals surface area contributed by atoms with Crippen LogP contribution in [0.25, 0.3) is 0 Å². The molecule has 0 aromatic heterocycles. The van der Waals surface area contributed by atoms with Crippen LogP contribution >= 0.6 is 12.2 Å². The summed E-state index contributed by atoms with van der Waals surface area (Å²) in [6, 6.07) is 0. The van der Waals surface area contributed by atoms with E-state index in [1.54, 1.807) is 0 Å². The first-order chi connectivity index (χ1) is 9.22. The summed E-state index contributed by atoms with van der Waals surface area (Å²) in [5.41, 5.74) is 0. The number of hydrogen-bond donors (Lipinski definition) is 0. The fraction of sp³-hybridized carbons (Fsp3) is 0.941. The summed E-state index contributed by atoms with van der Waals surface area (Å²) in [7, 11) is 0. The van der Waals surface area contributed by atoms with Gasteiger partial charge in [-0.15, -0.1) is 0 Å². The number of thiocarbonyl (C=S) groups is 1. The molecule has 0 rings (SSSR count). The Morgan fingerprint density at radius 2 is 1.32 bits per heavy atom. The van der Waals surface area contributed by atoms with Crippen LogP contribution in [0.5, 0.6) is 0 Å². The van der Waals surface area contributed by atoms with Crippen LogP contribution in [-0.2, 0) is 4.74 Å². The quantitative estimate of drug-likeness (QED) is 0.290. The maximum atomic E-state index is 5.38. The summed E-state index contributed by atoms with van der Waals surface area (Å²) < 4.78 is 5.38. The maximum Gasteiger partial charge on any atom is 0.162 e. The first-order valence-corrected chi connectivity index (χ1v) is 8.79. The van der Waals surface area contributed by atoms with E-state index in [0.29, 0.717) is 12.5 Å². The fourth-order valence-electron chi connectivity index (χ4n) is 2.34. The predicted molar refractivity (Wildman–Crippen MR) is 89.8 cm³/mol. The lowest BCUT2D eigenvalue weighted by Crippen LogP contribution is -2.12. The second-order valence-electron chi connectivity index (χ2n) is 5.62. The van der Waals surface area contributed by atoms with Gasteiger partial charge in [-0.3, -0.25) is 0 Å². The first kappa shape index (κ1) is 18.9. The normalized spacial score (nSPS) is 12.4. The van der Waals surface area contributed by atoms with Crippen LogP contribution in [-0.4, -0.2) is 11.7 Å². The average Bonchev–Trinajstić information content (AvgIpc) is 2.41. The van der Waals surface area contributed by atoms with Crippen molar-refractivity contribution in [3.63, 3.8) is 0 Å². The molecule has 0 N–H and O–H groups in total. The average molecular weight is 287 g/mol. The summed E-state index contributed by atoms with van der Waals surface area (Å²) in [5, 5.41) is 0.804. The van der Waals surface area contributed by atoms with E-state index in [1.165, 1.54) is 70.6 Å². The number of unbranched alkanes of at least 4 members (excludes halogenated alkanes) is 9. The highest BCUT2D eigenvalue weighted by molar-refractivity contribution is 7.80. The predicted octanol–water partition coefficient (Wildman–Crippen LogP) is 6.30. The number of ether oxygens (including phenoxy) is 1. The molecule has 0 amide bonds. The van der Waals surface area contributed by atoms with E-state index >= 15 is 0 Å². The largest absolute Gasteiger partial charge is 0.487 e. The smallest absolute Gasteiger partial charge is 0.162 e. The van der Waals surface area contributed by atoms with Gasteiger partial charge in [0.1, 0.15) is 0 Å². The standard InChI is InChI=1S/C17H34OS/c1-4-6-7-8-9-10-11-12-13-14-15-16(3)17(19)18-5-2/h16H,4-15H2,1-3H3. The third-order valence-corrected chi connectivity index (χ3v) is 4.20. The molecular weight excluding hydrogens is 252 g/mol. The van der Waals surface area contributed by atoms with Gasteiger partial charge in [-0.1, -0.05) is 78.1 Å². The van der Waals surface area contributed by atoms with Crippen molar-refractivity contribution in [3.8, 4) is 0 Å². The lowest BCUT2D eigenvalue weighted by atomic mass is 10.0. The third kappa shape index (κ3) is 12.7. The molecule has 0 aliphatic carbocycles. The molecule has 0 bridgehead atoms. The van der Waals surface area contributed by atoms with E-state index in [2.05, 4.69) is 13.8 Å². The molecule has 0 aromatic rings. The van der Waals surface area contributed by atoms with E-state index in [0.717, 1.165) is 5.05 Å². The van der Waals surface area contributed by atoms with Gasteiger partial charge in [-0.2, -0.15) is 0 Å². The van der Waals surface area contributed by atoms with Gasteiger partial charge in [-0.25, -0.2) is 0 Å². The van der Waals surface area contributed by atoms with Crippen LogP contribution in [0.3, 0.4) is 0 Å². The minimum Gasteiger partial charge on any atom is -0.487 e. The summed E-state index contributed by atoms with van der Waals surface area (Å²) in [6.45, 7) is 7.17. The second kappa shape index (κ2) is 14.3. The van der Waals surface area contributed by atoms with Crippen LogP contribution in [0.4, 0.5) is 0 Å². The molecule has 1 unspecified atom stereocenters. The molecule has 0 aromatic carbocycles. The van der Waals surface area contributed by atoms with E-state index in [4.69, 9.17) is 17.0 Å². The van der Waals surface area contributed by atoms with E-state index < -0.39 is 0 Å². The lowest BCUT2D eigenvalue weighted by Gasteiger charge is -2.12. The zero-order valence-corrected chi connectivity index (χ0v) is 14.2. The lowest BCUT2D eigenvalue weighted by molar-refractivity contribution is 0.309. The van der Waals surface area contributed by atoms with Crippen molar-refractivity contribution in [2.24, 2.45) is 5.92 Å².